The van der Waals surface area contributed by atoms with Crippen molar-refractivity contribution >= 4 is 38.8 Å². The number of para-hydroxylation sites is 3. The van der Waals surface area contributed by atoms with Crippen LogP contribution in [0.3, 0.4) is 0 Å². The van der Waals surface area contributed by atoms with E-state index in [4.69, 9.17) is 4.98 Å². The van der Waals surface area contributed by atoms with Gasteiger partial charge in [-0.2, -0.15) is 0 Å². The van der Waals surface area contributed by atoms with Crippen molar-refractivity contribution < 1.29 is 4.79 Å². The summed E-state index contributed by atoms with van der Waals surface area (Å²) in [6, 6.07) is 16.7. The molecule has 32 heavy (non-hydrogen) atoms. The number of carbonyl (C=O) groups excluding carboxylic acids is 1. The van der Waals surface area contributed by atoms with Gasteiger partial charge in [-0.25, -0.2) is 4.98 Å². The molecule has 2 saturated heterocycles. The van der Waals surface area contributed by atoms with Crippen molar-refractivity contribution in [1.29, 1.82) is 0 Å². The first-order valence-corrected chi connectivity index (χ1v) is 12.8. The lowest BCUT2D eigenvalue weighted by atomic mass is 9.97. The van der Waals surface area contributed by atoms with Crippen LogP contribution >= 0.6 is 11.3 Å². The summed E-state index contributed by atoms with van der Waals surface area (Å²) in [5.74, 6) is 0.598. The van der Waals surface area contributed by atoms with Crippen molar-refractivity contribution in [3.63, 3.8) is 0 Å². The standard InChI is InChI=1S/C26H32N4OS/c31-25(27-21-9-3-5-11-23(21)30-15-7-1-2-8-16-30)19-29-17-13-20(14-18-29)26-28-22-10-4-6-12-24(22)32-26/h3-6,9-12,20H,1-2,7-8,13-19H2,(H,27,31). The molecule has 2 aliphatic heterocycles. The fraction of sp³-hybridized carbons (Fsp3) is 0.462. The Balaban J connectivity index is 1.16. The molecule has 5 rings (SSSR count). The Labute approximate surface area is 194 Å². The van der Waals surface area contributed by atoms with E-state index in [2.05, 4.69) is 51.5 Å². The molecule has 2 fully saturated rings. The summed E-state index contributed by atoms with van der Waals surface area (Å²) in [5.41, 5.74) is 3.22. The van der Waals surface area contributed by atoms with Gasteiger partial charge in [0.05, 0.1) is 33.1 Å². The van der Waals surface area contributed by atoms with E-state index in [1.165, 1.54) is 35.4 Å². The van der Waals surface area contributed by atoms with Crippen LogP contribution in [-0.4, -0.2) is 48.5 Å². The van der Waals surface area contributed by atoms with Crippen molar-refractivity contribution in [2.45, 2.75) is 44.4 Å². The minimum Gasteiger partial charge on any atom is -0.370 e. The molecule has 1 N–H and O–H groups in total. The molecule has 0 aliphatic carbocycles. The van der Waals surface area contributed by atoms with Crippen LogP contribution in [0.4, 0.5) is 11.4 Å². The quantitative estimate of drug-likeness (QED) is 0.560. The van der Waals surface area contributed by atoms with E-state index in [-0.39, 0.29) is 5.91 Å². The Kier molecular flexibility index (Phi) is 6.69. The number of hydrogen-bond acceptors (Lipinski definition) is 5. The summed E-state index contributed by atoms with van der Waals surface area (Å²) in [7, 11) is 0. The molecule has 2 aliphatic rings. The number of thiazole rings is 1. The summed E-state index contributed by atoms with van der Waals surface area (Å²) in [4.78, 5) is 22.4. The predicted octanol–water partition coefficient (Wildman–Crippen LogP) is 5.49. The molecule has 0 unspecified atom stereocenters. The number of piperidine rings is 1. The maximum absolute atomic E-state index is 12.9. The Morgan fingerprint density at radius 1 is 0.938 bits per heavy atom. The molecule has 0 atom stereocenters. The van der Waals surface area contributed by atoms with Crippen LogP contribution < -0.4 is 10.2 Å². The van der Waals surface area contributed by atoms with Gasteiger partial charge >= 0.3 is 0 Å². The molecule has 0 saturated carbocycles. The molecule has 2 aromatic carbocycles. The molecular formula is C26H32N4OS. The summed E-state index contributed by atoms with van der Waals surface area (Å²) in [6.45, 7) is 4.50. The molecule has 6 heteroatoms. The zero-order valence-corrected chi connectivity index (χ0v) is 19.4. The van der Waals surface area contributed by atoms with E-state index in [1.807, 2.05) is 23.5 Å². The van der Waals surface area contributed by atoms with E-state index >= 15 is 0 Å². The number of nitrogens with zero attached hydrogens (tertiary/aromatic N) is 3. The third-order valence-electron chi connectivity index (χ3n) is 6.74. The van der Waals surface area contributed by atoms with Crippen molar-refractivity contribution in [2.24, 2.45) is 0 Å². The molecule has 3 aromatic rings. The first kappa shape index (κ1) is 21.4. The molecule has 3 heterocycles. The summed E-state index contributed by atoms with van der Waals surface area (Å²) >= 11 is 1.82. The average molecular weight is 449 g/mol. The fourth-order valence-corrected chi connectivity index (χ4v) is 6.10. The van der Waals surface area contributed by atoms with Gasteiger partial charge in [0.25, 0.3) is 0 Å². The van der Waals surface area contributed by atoms with Gasteiger partial charge < -0.3 is 10.2 Å². The summed E-state index contributed by atoms with van der Waals surface area (Å²) < 4.78 is 1.27. The lowest BCUT2D eigenvalue weighted by molar-refractivity contribution is -0.117. The summed E-state index contributed by atoms with van der Waals surface area (Å²) in [6.07, 6.45) is 7.20. The maximum atomic E-state index is 12.9. The molecule has 0 bridgehead atoms. The Morgan fingerprint density at radius 2 is 1.66 bits per heavy atom. The maximum Gasteiger partial charge on any atom is 0.238 e. The highest BCUT2D eigenvalue weighted by Gasteiger charge is 2.25. The van der Waals surface area contributed by atoms with Crippen LogP contribution in [0.5, 0.6) is 0 Å². The average Bonchev–Trinajstić information content (AvgIpc) is 3.07. The number of likely N-dealkylation sites (tertiary alicyclic amines) is 1. The lowest BCUT2D eigenvalue weighted by Crippen LogP contribution is -2.39. The van der Waals surface area contributed by atoms with E-state index in [0.717, 1.165) is 55.9 Å². The highest BCUT2D eigenvalue weighted by atomic mass is 32.1. The highest BCUT2D eigenvalue weighted by Crippen LogP contribution is 2.34. The van der Waals surface area contributed by atoms with Gasteiger partial charge in [-0.15, -0.1) is 11.3 Å². The molecule has 0 radical (unpaired) electrons. The number of aromatic nitrogens is 1. The highest BCUT2D eigenvalue weighted by molar-refractivity contribution is 7.18. The smallest absolute Gasteiger partial charge is 0.238 e. The van der Waals surface area contributed by atoms with Gasteiger partial charge in [-0.3, -0.25) is 9.69 Å². The number of anilines is 2. The second kappa shape index (κ2) is 10.0. The van der Waals surface area contributed by atoms with Gasteiger partial charge in [0.1, 0.15) is 0 Å². The third kappa shape index (κ3) is 4.97. The van der Waals surface area contributed by atoms with E-state index in [1.54, 1.807) is 0 Å². The van der Waals surface area contributed by atoms with Crippen molar-refractivity contribution in [2.75, 3.05) is 42.9 Å². The third-order valence-corrected chi connectivity index (χ3v) is 7.94. The minimum absolute atomic E-state index is 0.0886. The van der Waals surface area contributed by atoms with Gasteiger partial charge in [-0.05, 0) is 63.0 Å². The molecule has 1 amide bonds. The lowest BCUT2D eigenvalue weighted by Gasteiger charge is -2.31. The van der Waals surface area contributed by atoms with Crippen LogP contribution in [-0.2, 0) is 4.79 Å². The van der Waals surface area contributed by atoms with Gasteiger partial charge in [0, 0.05) is 19.0 Å². The number of rotatable bonds is 5. The first-order chi connectivity index (χ1) is 15.8. The number of hydrogen-bond donors (Lipinski definition) is 1. The van der Waals surface area contributed by atoms with Gasteiger partial charge in [0.2, 0.25) is 5.91 Å². The summed E-state index contributed by atoms with van der Waals surface area (Å²) in [5, 5.41) is 4.46. The largest absolute Gasteiger partial charge is 0.370 e. The van der Waals surface area contributed by atoms with Crippen LogP contribution in [0, 0.1) is 0 Å². The van der Waals surface area contributed by atoms with Crippen molar-refractivity contribution in [1.82, 2.24) is 9.88 Å². The van der Waals surface area contributed by atoms with Crippen molar-refractivity contribution in [3.8, 4) is 0 Å². The first-order valence-electron chi connectivity index (χ1n) is 12.0. The number of fused-ring (bicyclic) bond motifs is 1. The van der Waals surface area contributed by atoms with Gasteiger partial charge in [0.15, 0.2) is 0 Å². The second-order valence-electron chi connectivity index (χ2n) is 9.04. The van der Waals surface area contributed by atoms with E-state index in [9.17, 15) is 4.79 Å². The molecule has 0 spiro atoms. The van der Waals surface area contributed by atoms with Crippen LogP contribution in [0.2, 0.25) is 0 Å². The predicted molar refractivity (Wildman–Crippen MR) is 134 cm³/mol. The SMILES string of the molecule is O=C(CN1CCC(c2nc3ccccc3s2)CC1)Nc1ccccc1N1CCCCCC1. The number of amides is 1. The topological polar surface area (TPSA) is 48.5 Å². The number of benzene rings is 2. The van der Waals surface area contributed by atoms with Crippen molar-refractivity contribution in [3.05, 3.63) is 53.5 Å². The number of carbonyl (C=O) groups is 1. The van der Waals surface area contributed by atoms with Crippen LogP contribution in [0.15, 0.2) is 48.5 Å². The molecule has 1 aromatic heterocycles. The molecule has 168 valence electrons. The Hall–Kier alpha value is -2.44. The monoisotopic (exact) mass is 448 g/mol. The van der Waals surface area contributed by atoms with E-state index < -0.39 is 0 Å². The second-order valence-corrected chi connectivity index (χ2v) is 10.1. The van der Waals surface area contributed by atoms with E-state index in [0.29, 0.717) is 12.5 Å². The zero-order valence-electron chi connectivity index (χ0n) is 18.6. The zero-order chi connectivity index (χ0) is 21.8. The Bertz CT molecular complexity index is 1020. The minimum atomic E-state index is 0.0886. The van der Waals surface area contributed by atoms with Crippen LogP contribution in [0.25, 0.3) is 10.2 Å². The normalized spacial score (nSPS) is 18.6. The molecular weight excluding hydrogens is 416 g/mol. The Morgan fingerprint density at radius 3 is 2.44 bits per heavy atom. The van der Waals surface area contributed by atoms with Crippen LogP contribution in [0.1, 0.15) is 49.5 Å². The van der Waals surface area contributed by atoms with Gasteiger partial charge in [-0.1, -0.05) is 37.1 Å². The fourth-order valence-electron chi connectivity index (χ4n) is 4.96. The number of nitrogens with one attached hydrogen (secondary N) is 1. The molecule has 5 nitrogen and oxygen atoms in total.